The molecule has 0 N–H and O–H groups in total. The van der Waals surface area contributed by atoms with E-state index in [1.165, 1.54) is 10.5 Å². The number of pyridine rings is 1. The van der Waals surface area contributed by atoms with Crippen molar-refractivity contribution >= 4 is 40.2 Å². The van der Waals surface area contributed by atoms with Gasteiger partial charge in [-0.3, -0.25) is 4.99 Å². The van der Waals surface area contributed by atoms with Crippen LogP contribution in [0, 0.1) is 0 Å². The van der Waals surface area contributed by atoms with Crippen LogP contribution in [-0.4, -0.2) is 10.0 Å². The zero-order valence-corrected chi connectivity index (χ0v) is 15.0. The van der Waals surface area contributed by atoms with Crippen LogP contribution >= 0.6 is 35.1 Å². The third kappa shape index (κ3) is 3.51. The molecule has 0 atom stereocenters. The summed E-state index contributed by atoms with van der Waals surface area (Å²) < 4.78 is 0. The van der Waals surface area contributed by atoms with Gasteiger partial charge in [0.1, 0.15) is 10.1 Å². The lowest BCUT2D eigenvalue weighted by Crippen LogP contribution is -2.03. The van der Waals surface area contributed by atoms with Gasteiger partial charge in [0.15, 0.2) is 0 Å². The summed E-state index contributed by atoms with van der Waals surface area (Å²) in [7, 11) is 0. The van der Waals surface area contributed by atoms with Crippen molar-refractivity contribution in [2.45, 2.75) is 21.4 Å². The number of halogens is 1. The standard InChI is InChI=1S/C19H13ClN2S2/c20-15-6-8-16(9-7-15)23-18-10-5-14(12-21-18)19-22-11-13-3-1-2-4-17(13)24-19/h1-10,12H,11H2. The fraction of sp³-hybridized carbons (Fsp3) is 0.0526. The van der Waals surface area contributed by atoms with Crippen molar-refractivity contribution in [3.05, 3.63) is 83.0 Å². The van der Waals surface area contributed by atoms with E-state index in [1.54, 1.807) is 23.5 Å². The number of benzene rings is 2. The van der Waals surface area contributed by atoms with Crippen LogP contribution in [0.2, 0.25) is 5.02 Å². The Bertz CT molecular complexity index is 890. The molecule has 0 saturated heterocycles. The molecule has 0 radical (unpaired) electrons. The zero-order valence-electron chi connectivity index (χ0n) is 12.6. The summed E-state index contributed by atoms with van der Waals surface area (Å²) in [5.74, 6) is 0. The molecule has 2 aromatic carbocycles. The maximum atomic E-state index is 5.92. The molecular weight excluding hydrogens is 356 g/mol. The van der Waals surface area contributed by atoms with Crippen LogP contribution in [0.1, 0.15) is 11.1 Å². The molecule has 3 aromatic rings. The molecule has 0 aliphatic carbocycles. The lowest BCUT2D eigenvalue weighted by molar-refractivity contribution is 1.02. The van der Waals surface area contributed by atoms with Crippen LogP contribution in [0.25, 0.3) is 0 Å². The van der Waals surface area contributed by atoms with Gasteiger partial charge in [-0.2, -0.15) is 0 Å². The highest BCUT2D eigenvalue weighted by Gasteiger charge is 2.14. The minimum absolute atomic E-state index is 0.736. The molecule has 4 rings (SSSR count). The number of hydrogen-bond donors (Lipinski definition) is 0. The maximum absolute atomic E-state index is 5.92. The Balaban J connectivity index is 1.50. The molecule has 0 unspecified atom stereocenters. The smallest absolute Gasteiger partial charge is 0.104 e. The molecule has 118 valence electrons. The second-order valence-electron chi connectivity index (χ2n) is 5.27. The van der Waals surface area contributed by atoms with Crippen molar-refractivity contribution in [2.24, 2.45) is 4.99 Å². The Morgan fingerprint density at radius 1 is 0.958 bits per heavy atom. The highest BCUT2D eigenvalue weighted by atomic mass is 35.5. The number of hydrogen-bond acceptors (Lipinski definition) is 4. The molecule has 2 nitrogen and oxygen atoms in total. The van der Waals surface area contributed by atoms with Crippen molar-refractivity contribution < 1.29 is 0 Å². The molecule has 0 spiro atoms. The van der Waals surface area contributed by atoms with Crippen LogP contribution in [0.3, 0.4) is 0 Å². The van der Waals surface area contributed by atoms with Gasteiger partial charge < -0.3 is 0 Å². The molecule has 24 heavy (non-hydrogen) atoms. The van der Waals surface area contributed by atoms with Crippen LogP contribution in [0.5, 0.6) is 0 Å². The van der Waals surface area contributed by atoms with Crippen molar-refractivity contribution in [2.75, 3.05) is 0 Å². The van der Waals surface area contributed by atoms with Crippen molar-refractivity contribution in [3.8, 4) is 0 Å². The minimum Gasteiger partial charge on any atom is -0.273 e. The Morgan fingerprint density at radius 3 is 2.58 bits per heavy atom. The first-order valence-electron chi connectivity index (χ1n) is 7.48. The zero-order chi connectivity index (χ0) is 16.4. The van der Waals surface area contributed by atoms with Gasteiger partial charge in [0, 0.05) is 26.6 Å². The molecule has 1 aliphatic rings. The number of rotatable bonds is 3. The lowest BCUT2D eigenvalue weighted by Gasteiger charge is -2.15. The van der Waals surface area contributed by atoms with E-state index in [0.717, 1.165) is 32.1 Å². The lowest BCUT2D eigenvalue weighted by atomic mass is 10.2. The second-order valence-corrected chi connectivity index (χ2v) is 7.83. The van der Waals surface area contributed by atoms with Crippen LogP contribution < -0.4 is 0 Å². The van der Waals surface area contributed by atoms with E-state index in [0.29, 0.717) is 0 Å². The number of aromatic nitrogens is 1. The first-order valence-corrected chi connectivity index (χ1v) is 9.49. The molecule has 2 heterocycles. The first kappa shape index (κ1) is 15.8. The fourth-order valence-corrected chi connectivity index (χ4v) is 4.24. The molecule has 0 bridgehead atoms. The largest absolute Gasteiger partial charge is 0.273 e. The van der Waals surface area contributed by atoms with Gasteiger partial charge in [-0.25, -0.2) is 4.98 Å². The maximum Gasteiger partial charge on any atom is 0.104 e. The topological polar surface area (TPSA) is 25.2 Å². The van der Waals surface area contributed by atoms with Crippen molar-refractivity contribution in [1.82, 2.24) is 4.98 Å². The Kier molecular flexibility index (Phi) is 4.60. The van der Waals surface area contributed by atoms with Gasteiger partial charge in [0.2, 0.25) is 0 Å². The summed E-state index contributed by atoms with van der Waals surface area (Å²) in [6.45, 7) is 0.736. The quantitative estimate of drug-likeness (QED) is 0.572. The highest BCUT2D eigenvalue weighted by Crippen LogP contribution is 2.32. The van der Waals surface area contributed by atoms with E-state index in [9.17, 15) is 0 Å². The fourth-order valence-electron chi connectivity index (χ4n) is 2.37. The Hall–Kier alpha value is -1.75. The SMILES string of the molecule is Clc1ccc(Sc2ccc(C3=NCc4ccccc4S3)cn2)cc1. The van der Waals surface area contributed by atoms with Gasteiger partial charge >= 0.3 is 0 Å². The average molecular weight is 369 g/mol. The highest BCUT2D eigenvalue weighted by molar-refractivity contribution is 8.14. The van der Waals surface area contributed by atoms with E-state index in [4.69, 9.17) is 11.6 Å². The van der Waals surface area contributed by atoms with Gasteiger partial charge in [-0.1, -0.05) is 53.3 Å². The average Bonchev–Trinajstić information content (AvgIpc) is 2.64. The van der Waals surface area contributed by atoms with Crippen LogP contribution in [0.4, 0.5) is 0 Å². The molecule has 0 fully saturated rings. The van der Waals surface area contributed by atoms with Crippen LogP contribution in [-0.2, 0) is 6.54 Å². The van der Waals surface area contributed by atoms with Crippen LogP contribution in [0.15, 0.2) is 86.7 Å². The first-order chi connectivity index (χ1) is 11.8. The van der Waals surface area contributed by atoms with E-state index < -0.39 is 0 Å². The summed E-state index contributed by atoms with van der Waals surface area (Å²) in [6, 6.07) is 20.3. The summed E-state index contributed by atoms with van der Waals surface area (Å²) in [6.07, 6.45) is 1.90. The van der Waals surface area contributed by atoms with E-state index >= 15 is 0 Å². The van der Waals surface area contributed by atoms with E-state index in [2.05, 4.69) is 40.3 Å². The predicted octanol–water partition coefficient (Wildman–Crippen LogP) is 5.94. The van der Waals surface area contributed by atoms with Gasteiger partial charge in [-0.15, -0.1) is 0 Å². The Morgan fingerprint density at radius 2 is 1.79 bits per heavy atom. The van der Waals surface area contributed by atoms with E-state index in [1.807, 2.05) is 36.5 Å². The summed E-state index contributed by atoms with van der Waals surface area (Å²) in [5, 5.41) is 2.74. The van der Waals surface area contributed by atoms with Gasteiger partial charge in [-0.05, 0) is 48.0 Å². The predicted molar refractivity (Wildman–Crippen MR) is 102 cm³/mol. The Labute approximate surface area is 154 Å². The number of fused-ring (bicyclic) bond motifs is 1. The summed E-state index contributed by atoms with van der Waals surface area (Å²) in [5.41, 5.74) is 2.35. The summed E-state index contributed by atoms with van der Waals surface area (Å²) in [4.78, 5) is 11.6. The minimum atomic E-state index is 0.736. The molecule has 0 saturated carbocycles. The monoisotopic (exact) mass is 368 g/mol. The molecule has 1 aliphatic heterocycles. The second kappa shape index (κ2) is 7.01. The number of aliphatic imine (C=N–C) groups is 1. The van der Waals surface area contributed by atoms with Gasteiger partial charge in [0.05, 0.1) is 6.54 Å². The third-order valence-electron chi connectivity index (χ3n) is 3.59. The summed E-state index contributed by atoms with van der Waals surface area (Å²) >= 11 is 9.25. The molecule has 1 aromatic heterocycles. The number of nitrogens with zero attached hydrogens (tertiary/aromatic N) is 2. The molecule has 5 heteroatoms. The van der Waals surface area contributed by atoms with Crippen molar-refractivity contribution in [1.29, 1.82) is 0 Å². The van der Waals surface area contributed by atoms with E-state index in [-0.39, 0.29) is 0 Å². The normalized spacial score (nSPS) is 13.3. The third-order valence-corrected chi connectivity index (χ3v) is 5.98. The van der Waals surface area contributed by atoms with Gasteiger partial charge in [0.25, 0.3) is 0 Å². The molecular formula is C19H13ClN2S2. The molecule has 0 amide bonds. The van der Waals surface area contributed by atoms with Crippen molar-refractivity contribution in [3.63, 3.8) is 0 Å². The number of thioether (sulfide) groups is 1.